The summed E-state index contributed by atoms with van der Waals surface area (Å²) in [5.41, 5.74) is 3.34. The number of hydrogen-bond acceptors (Lipinski definition) is 5. The van der Waals surface area contributed by atoms with Crippen molar-refractivity contribution >= 4 is 0 Å². The quantitative estimate of drug-likeness (QED) is 0.554. The normalized spacial score (nSPS) is 10.6. The van der Waals surface area contributed by atoms with Gasteiger partial charge in [0.2, 0.25) is 0 Å². The van der Waals surface area contributed by atoms with Gasteiger partial charge in [0.1, 0.15) is 11.5 Å². The molecule has 1 aromatic heterocycles. The zero-order valence-electron chi connectivity index (χ0n) is 15.6. The van der Waals surface area contributed by atoms with Gasteiger partial charge in [-0.15, -0.1) is 0 Å². The van der Waals surface area contributed by atoms with E-state index in [1.54, 1.807) is 25.3 Å². The Morgan fingerprint density at radius 1 is 0.679 bits per heavy atom. The smallest absolute Gasteiger partial charge is 0.167 e. The topological polar surface area (TPSA) is 68.1 Å². The molecular formula is C23H19N3O2. The molecule has 0 atom stereocenters. The molecule has 0 saturated carbocycles. The fourth-order valence-electron chi connectivity index (χ4n) is 2.94. The standard InChI is InChI=1S/C23H19N3O2/c1-15-11-13-16(14-12-15)21-24-22(17-7-3-5-9-19(17)27)26-23(25-21)18-8-4-6-10-20(18)28-2/h3-14,27H,1-2H3. The Bertz CT molecular complexity index is 1120. The third kappa shape index (κ3) is 3.42. The van der Waals surface area contributed by atoms with E-state index in [4.69, 9.17) is 4.74 Å². The molecule has 4 aromatic rings. The predicted octanol–water partition coefficient (Wildman–Crippen LogP) is 4.90. The number of hydrogen-bond donors (Lipinski definition) is 1. The van der Waals surface area contributed by atoms with Crippen LogP contribution in [0.3, 0.4) is 0 Å². The van der Waals surface area contributed by atoms with Gasteiger partial charge in [-0.05, 0) is 31.2 Å². The van der Waals surface area contributed by atoms with Crippen molar-refractivity contribution < 1.29 is 9.84 Å². The van der Waals surface area contributed by atoms with E-state index in [2.05, 4.69) is 15.0 Å². The van der Waals surface area contributed by atoms with Crippen LogP contribution in [-0.4, -0.2) is 27.2 Å². The molecule has 5 nitrogen and oxygen atoms in total. The van der Waals surface area contributed by atoms with E-state index in [1.807, 2.05) is 61.5 Å². The third-order valence-electron chi connectivity index (χ3n) is 4.44. The Morgan fingerprint density at radius 3 is 1.93 bits per heavy atom. The second-order valence-corrected chi connectivity index (χ2v) is 6.39. The molecule has 0 amide bonds. The highest BCUT2D eigenvalue weighted by Crippen LogP contribution is 2.32. The van der Waals surface area contributed by atoms with E-state index in [9.17, 15) is 5.11 Å². The molecule has 1 heterocycles. The fraction of sp³-hybridized carbons (Fsp3) is 0.0870. The van der Waals surface area contributed by atoms with Gasteiger partial charge in [-0.3, -0.25) is 0 Å². The number of phenols is 1. The highest BCUT2D eigenvalue weighted by atomic mass is 16.5. The number of ether oxygens (including phenoxy) is 1. The summed E-state index contributed by atoms with van der Waals surface area (Å²) in [6.07, 6.45) is 0. The van der Waals surface area contributed by atoms with Crippen molar-refractivity contribution in [1.82, 2.24) is 15.0 Å². The van der Waals surface area contributed by atoms with Crippen molar-refractivity contribution in [2.75, 3.05) is 7.11 Å². The number of benzene rings is 3. The molecular weight excluding hydrogens is 350 g/mol. The summed E-state index contributed by atoms with van der Waals surface area (Å²) < 4.78 is 5.48. The first-order chi connectivity index (χ1) is 13.7. The van der Waals surface area contributed by atoms with Crippen molar-refractivity contribution in [1.29, 1.82) is 0 Å². The highest BCUT2D eigenvalue weighted by molar-refractivity contribution is 5.71. The van der Waals surface area contributed by atoms with Gasteiger partial charge < -0.3 is 9.84 Å². The number of para-hydroxylation sites is 2. The Kier molecular flexibility index (Phi) is 4.72. The summed E-state index contributed by atoms with van der Waals surface area (Å²) in [4.78, 5) is 13.9. The molecule has 0 aliphatic carbocycles. The molecule has 0 fully saturated rings. The lowest BCUT2D eigenvalue weighted by atomic mass is 10.1. The van der Waals surface area contributed by atoms with Crippen LogP contribution in [0.25, 0.3) is 34.2 Å². The van der Waals surface area contributed by atoms with E-state index in [1.165, 1.54) is 0 Å². The van der Waals surface area contributed by atoms with Crippen molar-refractivity contribution in [3.8, 4) is 45.7 Å². The lowest BCUT2D eigenvalue weighted by Gasteiger charge is -2.11. The molecule has 0 aliphatic heterocycles. The van der Waals surface area contributed by atoms with Crippen molar-refractivity contribution in [3.05, 3.63) is 78.4 Å². The van der Waals surface area contributed by atoms with Gasteiger partial charge >= 0.3 is 0 Å². The van der Waals surface area contributed by atoms with Crippen LogP contribution in [0.1, 0.15) is 5.56 Å². The molecule has 0 radical (unpaired) electrons. The molecule has 0 aliphatic rings. The Labute approximate surface area is 163 Å². The Balaban J connectivity index is 1.96. The molecule has 138 valence electrons. The van der Waals surface area contributed by atoms with Crippen LogP contribution in [0.2, 0.25) is 0 Å². The van der Waals surface area contributed by atoms with Crippen molar-refractivity contribution in [2.24, 2.45) is 0 Å². The van der Waals surface area contributed by atoms with E-state index in [0.29, 0.717) is 28.8 Å². The van der Waals surface area contributed by atoms with Gasteiger partial charge in [0, 0.05) is 5.56 Å². The number of phenolic OH excluding ortho intramolecular Hbond substituents is 1. The minimum atomic E-state index is 0.120. The number of aromatic nitrogens is 3. The zero-order chi connectivity index (χ0) is 19.5. The molecule has 1 N–H and O–H groups in total. The van der Waals surface area contributed by atoms with Gasteiger partial charge in [-0.1, -0.05) is 54.1 Å². The molecule has 28 heavy (non-hydrogen) atoms. The summed E-state index contributed by atoms with van der Waals surface area (Å²) in [5, 5.41) is 10.3. The van der Waals surface area contributed by atoms with Crippen LogP contribution in [0.4, 0.5) is 0 Å². The SMILES string of the molecule is COc1ccccc1-c1nc(-c2ccc(C)cc2)nc(-c2ccccc2O)n1. The summed E-state index contributed by atoms with van der Waals surface area (Å²) in [6, 6.07) is 22.6. The van der Waals surface area contributed by atoms with Gasteiger partial charge in [0.05, 0.1) is 18.2 Å². The molecule has 4 rings (SSSR count). The fourth-order valence-corrected chi connectivity index (χ4v) is 2.94. The Morgan fingerprint density at radius 2 is 1.25 bits per heavy atom. The molecule has 0 bridgehead atoms. The number of aryl methyl sites for hydroxylation is 1. The van der Waals surface area contributed by atoms with Crippen molar-refractivity contribution in [3.63, 3.8) is 0 Å². The maximum Gasteiger partial charge on any atom is 0.167 e. The van der Waals surface area contributed by atoms with Crippen LogP contribution in [0.15, 0.2) is 72.8 Å². The number of rotatable bonds is 4. The monoisotopic (exact) mass is 369 g/mol. The van der Waals surface area contributed by atoms with E-state index >= 15 is 0 Å². The minimum absolute atomic E-state index is 0.120. The van der Waals surface area contributed by atoms with Gasteiger partial charge in [-0.2, -0.15) is 0 Å². The average molecular weight is 369 g/mol. The average Bonchev–Trinajstić information content (AvgIpc) is 2.74. The number of methoxy groups -OCH3 is 1. The van der Waals surface area contributed by atoms with Crippen LogP contribution < -0.4 is 4.74 Å². The summed E-state index contributed by atoms with van der Waals surface area (Å²) in [5.74, 6) is 2.22. The van der Waals surface area contributed by atoms with Crippen LogP contribution in [-0.2, 0) is 0 Å². The summed E-state index contributed by atoms with van der Waals surface area (Å²) in [7, 11) is 1.62. The van der Waals surface area contributed by atoms with E-state index in [-0.39, 0.29) is 5.75 Å². The minimum Gasteiger partial charge on any atom is -0.507 e. The maximum absolute atomic E-state index is 10.3. The first-order valence-electron chi connectivity index (χ1n) is 8.90. The molecule has 3 aromatic carbocycles. The van der Waals surface area contributed by atoms with Crippen molar-refractivity contribution in [2.45, 2.75) is 6.92 Å². The van der Waals surface area contributed by atoms with E-state index in [0.717, 1.165) is 16.7 Å². The zero-order valence-corrected chi connectivity index (χ0v) is 15.6. The highest BCUT2D eigenvalue weighted by Gasteiger charge is 2.16. The first kappa shape index (κ1) is 17.7. The predicted molar refractivity (Wildman–Crippen MR) is 109 cm³/mol. The first-order valence-corrected chi connectivity index (χ1v) is 8.90. The molecule has 0 saturated heterocycles. The third-order valence-corrected chi connectivity index (χ3v) is 4.44. The summed E-state index contributed by atoms with van der Waals surface area (Å²) >= 11 is 0. The van der Waals surface area contributed by atoms with Gasteiger partial charge in [0.15, 0.2) is 17.5 Å². The second kappa shape index (κ2) is 7.48. The molecule has 0 unspecified atom stereocenters. The van der Waals surface area contributed by atoms with Gasteiger partial charge in [0.25, 0.3) is 0 Å². The Hall–Kier alpha value is -3.73. The number of aromatic hydroxyl groups is 1. The summed E-state index contributed by atoms with van der Waals surface area (Å²) in [6.45, 7) is 2.03. The second-order valence-electron chi connectivity index (χ2n) is 6.39. The lowest BCUT2D eigenvalue weighted by molar-refractivity contribution is 0.416. The largest absolute Gasteiger partial charge is 0.507 e. The van der Waals surface area contributed by atoms with Crippen LogP contribution >= 0.6 is 0 Å². The lowest BCUT2D eigenvalue weighted by Crippen LogP contribution is -2.01. The van der Waals surface area contributed by atoms with E-state index < -0.39 is 0 Å². The van der Waals surface area contributed by atoms with Gasteiger partial charge in [-0.25, -0.2) is 15.0 Å². The molecule has 5 heteroatoms. The van der Waals surface area contributed by atoms with Crippen LogP contribution in [0.5, 0.6) is 11.5 Å². The van der Waals surface area contributed by atoms with Crippen LogP contribution in [0, 0.1) is 6.92 Å². The molecule has 0 spiro atoms. The number of nitrogens with zero attached hydrogens (tertiary/aromatic N) is 3. The maximum atomic E-state index is 10.3.